The molecule has 0 aliphatic heterocycles. The van der Waals surface area contributed by atoms with E-state index in [0.717, 1.165) is 19.5 Å². The standard InChI is InChI=1S/C11H24N2O2/c1-5-6-12-11(14)13(7-8-15-4)9-10(2)3/h10H,5-9H2,1-4H3,(H,12,14). The number of urea groups is 1. The molecule has 0 saturated carbocycles. The van der Waals surface area contributed by atoms with Gasteiger partial charge in [-0.2, -0.15) is 0 Å². The Labute approximate surface area is 93.0 Å². The number of nitrogens with one attached hydrogen (secondary N) is 1. The van der Waals surface area contributed by atoms with E-state index in [4.69, 9.17) is 4.74 Å². The lowest BCUT2D eigenvalue weighted by Crippen LogP contribution is -2.43. The predicted octanol–water partition coefficient (Wildman–Crippen LogP) is 1.71. The van der Waals surface area contributed by atoms with Crippen LogP contribution in [0, 0.1) is 5.92 Å². The van der Waals surface area contributed by atoms with Crippen molar-refractivity contribution in [2.24, 2.45) is 5.92 Å². The van der Waals surface area contributed by atoms with Gasteiger partial charge in [-0.05, 0) is 12.3 Å². The molecule has 90 valence electrons. The molecule has 0 heterocycles. The fourth-order valence-electron chi connectivity index (χ4n) is 1.26. The number of nitrogens with zero attached hydrogens (tertiary/aromatic N) is 1. The van der Waals surface area contributed by atoms with Crippen LogP contribution in [0.15, 0.2) is 0 Å². The van der Waals surface area contributed by atoms with Crippen molar-refractivity contribution < 1.29 is 9.53 Å². The first-order chi connectivity index (χ1) is 7.11. The van der Waals surface area contributed by atoms with E-state index in [9.17, 15) is 4.79 Å². The molecular formula is C11H24N2O2. The molecule has 15 heavy (non-hydrogen) atoms. The minimum Gasteiger partial charge on any atom is -0.383 e. The highest BCUT2D eigenvalue weighted by Gasteiger charge is 2.13. The summed E-state index contributed by atoms with van der Waals surface area (Å²) in [6, 6.07) is 0.0163. The van der Waals surface area contributed by atoms with Crippen molar-refractivity contribution in [1.82, 2.24) is 10.2 Å². The van der Waals surface area contributed by atoms with Crippen LogP contribution in [-0.2, 0) is 4.74 Å². The second-order valence-corrected chi connectivity index (χ2v) is 4.06. The SMILES string of the molecule is CCCNC(=O)N(CCOC)CC(C)C. The smallest absolute Gasteiger partial charge is 0.317 e. The summed E-state index contributed by atoms with van der Waals surface area (Å²) in [6.07, 6.45) is 0.964. The summed E-state index contributed by atoms with van der Waals surface area (Å²) in [4.78, 5) is 13.5. The second-order valence-electron chi connectivity index (χ2n) is 4.06. The average molecular weight is 216 g/mol. The van der Waals surface area contributed by atoms with Crippen molar-refractivity contribution in [1.29, 1.82) is 0 Å². The van der Waals surface area contributed by atoms with E-state index in [0.29, 0.717) is 19.1 Å². The summed E-state index contributed by atoms with van der Waals surface area (Å²) in [5.74, 6) is 0.481. The fourth-order valence-corrected chi connectivity index (χ4v) is 1.26. The molecule has 0 fully saturated rings. The maximum absolute atomic E-state index is 11.7. The maximum atomic E-state index is 11.7. The zero-order valence-corrected chi connectivity index (χ0v) is 10.4. The van der Waals surface area contributed by atoms with E-state index in [-0.39, 0.29) is 6.03 Å². The molecule has 1 N–H and O–H groups in total. The molecule has 0 aliphatic rings. The monoisotopic (exact) mass is 216 g/mol. The van der Waals surface area contributed by atoms with Gasteiger partial charge in [-0.25, -0.2) is 4.79 Å². The Morgan fingerprint density at radius 2 is 2.13 bits per heavy atom. The molecule has 0 saturated heterocycles. The van der Waals surface area contributed by atoms with Gasteiger partial charge in [0.2, 0.25) is 0 Å². The third kappa shape index (κ3) is 7.19. The Bertz CT molecular complexity index is 172. The largest absolute Gasteiger partial charge is 0.383 e. The third-order valence-corrected chi connectivity index (χ3v) is 1.96. The van der Waals surface area contributed by atoms with E-state index >= 15 is 0 Å². The minimum atomic E-state index is 0.0163. The van der Waals surface area contributed by atoms with Crippen molar-refractivity contribution in [2.45, 2.75) is 27.2 Å². The topological polar surface area (TPSA) is 41.6 Å². The summed E-state index contributed by atoms with van der Waals surface area (Å²) in [7, 11) is 1.65. The van der Waals surface area contributed by atoms with Crippen molar-refractivity contribution in [3.63, 3.8) is 0 Å². The minimum absolute atomic E-state index is 0.0163. The lowest BCUT2D eigenvalue weighted by atomic mass is 10.2. The molecule has 0 aromatic carbocycles. The maximum Gasteiger partial charge on any atom is 0.317 e. The average Bonchev–Trinajstić information content (AvgIpc) is 2.20. The van der Waals surface area contributed by atoms with Gasteiger partial charge in [-0.3, -0.25) is 0 Å². The van der Waals surface area contributed by atoms with E-state index in [1.165, 1.54) is 0 Å². The first-order valence-corrected chi connectivity index (χ1v) is 5.63. The van der Waals surface area contributed by atoms with Crippen LogP contribution >= 0.6 is 0 Å². The summed E-state index contributed by atoms with van der Waals surface area (Å²) >= 11 is 0. The molecule has 0 aliphatic carbocycles. The number of carbonyl (C=O) groups excluding carboxylic acids is 1. The van der Waals surface area contributed by atoms with E-state index < -0.39 is 0 Å². The Kier molecular flexibility index (Phi) is 8.09. The molecule has 2 amide bonds. The number of ether oxygens (including phenoxy) is 1. The molecule has 0 unspecified atom stereocenters. The van der Waals surface area contributed by atoms with Gasteiger partial charge in [0.15, 0.2) is 0 Å². The van der Waals surface area contributed by atoms with Gasteiger partial charge < -0.3 is 15.0 Å². The highest BCUT2D eigenvalue weighted by atomic mass is 16.5. The number of methoxy groups -OCH3 is 1. The Hall–Kier alpha value is -0.770. The molecule has 4 nitrogen and oxygen atoms in total. The first kappa shape index (κ1) is 14.2. The molecule has 0 atom stereocenters. The molecule has 4 heteroatoms. The van der Waals surface area contributed by atoms with E-state index in [1.54, 1.807) is 7.11 Å². The fraction of sp³-hybridized carbons (Fsp3) is 0.909. The van der Waals surface area contributed by atoms with Gasteiger partial charge >= 0.3 is 6.03 Å². The summed E-state index contributed by atoms with van der Waals surface area (Å²) < 4.78 is 4.99. The van der Waals surface area contributed by atoms with Crippen molar-refractivity contribution in [2.75, 3.05) is 33.4 Å². The van der Waals surface area contributed by atoms with Gasteiger partial charge in [0.1, 0.15) is 0 Å². The molecular weight excluding hydrogens is 192 g/mol. The van der Waals surface area contributed by atoms with Crippen LogP contribution in [0.2, 0.25) is 0 Å². The van der Waals surface area contributed by atoms with Gasteiger partial charge in [-0.1, -0.05) is 20.8 Å². The normalized spacial score (nSPS) is 10.5. The van der Waals surface area contributed by atoms with Crippen molar-refractivity contribution in [3.8, 4) is 0 Å². The molecule has 0 bridgehead atoms. The highest BCUT2D eigenvalue weighted by Crippen LogP contribution is 1.99. The van der Waals surface area contributed by atoms with Gasteiger partial charge in [0.05, 0.1) is 6.61 Å². The molecule has 0 aromatic heterocycles. The van der Waals surface area contributed by atoms with Gasteiger partial charge in [-0.15, -0.1) is 0 Å². The Morgan fingerprint density at radius 3 is 2.60 bits per heavy atom. The third-order valence-electron chi connectivity index (χ3n) is 1.96. The van der Waals surface area contributed by atoms with E-state index in [2.05, 4.69) is 19.2 Å². The van der Waals surface area contributed by atoms with E-state index in [1.807, 2.05) is 11.8 Å². The first-order valence-electron chi connectivity index (χ1n) is 5.63. The quantitative estimate of drug-likeness (QED) is 0.704. The number of hydrogen-bond donors (Lipinski definition) is 1. The number of hydrogen-bond acceptors (Lipinski definition) is 2. The zero-order valence-electron chi connectivity index (χ0n) is 10.4. The Morgan fingerprint density at radius 1 is 1.47 bits per heavy atom. The molecule has 0 radical (unpaired) electrons. The number of carbonyl (C=O) groups is 1. The van der Waals surface area contributed by atoms with Crippen LogP contribution in [0.4, 0.5) is 4.79 Å². The molecule has 0 spiro atoms. The van der Waals surface area contributed by atoms with Crippen LogP contribution in [-0.4, -0.2) is 44.3 Å². The van der Waals surface area contributed by atoms with Crippen LogP contribution in [0.3, 0.4) is 0 Å². The number of amides is 2. The zero-order chi connectivity index (χ0) is 11.7. The van der Waals surface area contributed by atoms with Crippen LogP contribution in [0.1, 0.15) is 27.2 Å². The highest BCUT2D eigenvalue weighted by molar-refractivity contribution is 5.74. The number of rotatable bonds is 7. The van der Waals surface area contributed by atoms with Crippen molar-refractivity contribution in [3.05, 3.63) is 0 Å². The van der Waals surface area contributed by atoms with Crippen LogP contribution in [0.5, 0.6) is 0 Å². The van der Waals surface area contributed by atoms with Crippen LogP contribution < -0.4 is 5.32 Å². The summed E-state index contributed by atoms with van der Waals surface area (Å²) in [6.45, 7) is 9.01. The predicted molar refractivity (Wildman–Crippen MR) is 62.0 cm³/mol. The van der Waals surface area contributed by atoms with Gasteiger partial charge in [0.25, 0.3) is 0 Å². The van der Waals surface area contributed by atoms with Gasteiger partial charge in [0, 0.05) is 26.7 Å². The lowest BCUT2D eigenvalue weighted by molar-refractivity contribution is 0.143. The summed E-state index contributed by atoms with van der Waals surface area (Å²) in [5.41, 5.74) is 0. The molecule has 0 aromatic rings. The molecule has 0 rings (SSSR count). The van der Waals surface area contributed by atoms with Crippen LogP contribution in [0.25, 0.3) is 0 Å². The second kappa shape index (κ2) is 8.53. The Balaban J connectivity index is 4.02. The van der Waals surface area contributed by atoms with Crippen molar-refractivity contribution >= 4 is 6.03 Å². The lowest BCUT2D eigenvalue weighted by Gasteiger charge is -2.24. The summed E-state index contributed by atoms with van der Waals surface area (Å²) in [5, 5.41) is 2.88.